The number of nitro benzene ring substituents is 1. The Morgan fingerprint density at radius 3 is 2.63 bits per heavy atom. The molecule has 0 unspecified atom stereocenters. The van der Waals surface area contributed by atoms with Crippen molar-refractivity contribution < 1.29 is 23.9 Å². The smallest absolute Gasteiger partial charge is 0.293 e. The lowest BCUT2D eigenvalue weighted by Crippen LogP contribution is -2.40. The summed E-state index contributed by atoms with van der Waals surface area (Å²) in [6.07, 6.45) is 0. The third kappa shape index (κ3) is 3.49. The van der Waals surface area contributed by atoms with E-state index in [-0.39, 0.29) is 29.6 Å². The molecule has 1 saturated heterocycles. The fourth-order valence-electron chi connectivity index (χ4n) is 3.00. The molecule has 140 valence electrons. The van der Waals surface area contributed by atoms with Crippen LogP contribution in [0.3, 0.4) is 0 Å². The Morgan fingerprint density at radius 2 is 1.85 bits per heavy atom. The number of benzene rings is 2. The van der Waals surface area contributed by atoms with Gasteiger partial charge in [-0.2, -0.15) is 0 Å². The van der Waals surface area contributed by atoms with E-state index in [0.717, 1.165) is 0 Å². The van der Waals surface area contributed by atoms with Gasteiger partial charge in [0.25, 0.3) is 11.6 Å². The number of anilines is 2. The van der Waals surface area contributed by atoms with Crippen molar-refractivity contribution in [2.75, 3.05) is 38.4 Å². The number of rotatable bonds is 4. The molecule has 0 spiro atoms. The van der Waals surface area contributed by atoms with Gasteiger partial charge in [-0.25, -0.2) is 0 Å². The summed E-state index contributed by atoms with van der Waals surface area (Å²) < 4.78 is 15.8. The van der Waals surface area contributed by atoms with E-state index in [0.29, 0.717) is 43.5 Å². The van der Waals surface area contributed by atoms with E-state index in [9.17, 15) is 14.9 Å². The molecule has 1 amide bonds. The van der Waals surface area contributed by atoms with Crippen LogP contribution in [-0.2, 0) is 4.74 Å². The molecule has 1 fully saturated rings. The van der Waals surface area contributed by atoms with Crippen LogP contribution in [0.4, 0.5) is 17.1 Å². The molecule has 0 saturated carbocycles. The van der Waals surface area contributed by atoms with Crippen molar-refractivity contribution in [2.45, 2.75) is 0 Å². The fourth-order valence-corrected chi connectivity index (χ4v) is 3.00. The van der Waals surface area contributed by atoms with Gasteiger partial charge in [0.1, 0.15) is 5.69 Å². The van der Waals surface area contributed by atoms with E-state index < -0.39 is 4.92 Å². The fraction of sp³-hybridized carbons (Fsp3) is 0.278. The van der Waals surface area contributed by atoms with E-state index >= 15 is 0 Å². The summed E-state index contributed by atoms with van der Waals surface area (Å²) in [4.78, 5) is 25.2. The van der Waals surface area contributed by atoms with Crippen molar-refractivity contribution in [3.05, 3.63) is 52.1 Å². The monoisotopic (exact) mass is 371 g/mol. The minimum absolute atomic E-state index is 0.150. The van der Waals surface area contributed by atoms with Crippen molar-refractivity contribution in [1.29, 1.82) is 0 Å². The standard InChI is InChI=1S/C18H17N3O6/c22-18(20-5-7-25-8-6-20)12-1-3-14(15(9-12)21(23)24)19-13-2-4-16-17(10-13)27-11-26-16/h1-4,9-10,19H,5-8,11H2. The zero-order chi connectivity index (χ0) is 18.8. The second-order valence-corrected chi connectivity index (χ2v) is 6.09. The van der Waals surface area contributed by atoms with E-state index in [1.807, 2.05) is 0 Å². The maximum Gasteiger partial charge on any atom is 0.293 e. The Kier molecular flexibility index (Phi) is 4.51. The van der Waals surface area contributed by atoms with E-state index in [2.05, 4.69) is 5.32 Å². The van der Waals surface area contributed by atoms with Gasteiger partial charge in [-0.1, -0.05) is 0 Å². The van der Waals surface area contributed by atoms with E-state index in [1.165, 1.54) is 12.1 Å². The summed E-state index contributed by atoms with van der Waals surface area (Å²) in [5.41, 5.74) is 1.01. The average molecular weight is 371 g/mol. The van der Waals surface area contributed by atoms with Crippen LogP contribution in [0.1, 0.15) is 10.4 Å². The number of nitrogens with zero attached hydrogens (tertiary/aromatic N) is 2. The molecule has 1 N–H and O–H groups in total. The summed E-state index contributed by atoms with van der Waals surface area (Å²) >= 11 is 0. The molecule has 9 nitrogen and oxygen atoms in total. The third-order valence-electron chi connectivity index (χ3n) is 4.39. The summed E-state index contributed by atoms with van der Waals surface area (Å²) in [6.45, 7) is 2.04. The lowest BCUT2D eigenvalue weighted by Gasteiger charge is -2.26. The summed E-state index contributed by atoms with van der Waals surface area (Å²) in [7, 11) is 0. The Labute approximate surface area is 154 Å². The van der Waals surface area contributed by atoms with Gasteiger partial charge in [0.2, 0.25) is 6.79 Å². The van der Waals surface area contributed by atoms with E-state index in [1.54, 1.807) is 29.2 Å². The summed E-state index contributed by atoms with van der Waals surface area (Å²) in [5, 5.41) is 14.5. The highest BCUT2D eigenvalue weighted by Crippen LogP contribution is 2.36. The largest absolute Gasteiger partial charge is 0.454 e. The first-order chi connectivity index (χ1) is 13.1. The Balaban J connectivity index is 1.59. The number of amides is 1. The van der Waals surface area contributed by atoms with Crippen LogP contribution in [0, 0.1) is 10.1 Å². The van der Waals surface area contributed by atoms with Gasteiger partial charge in [-0.3, -0.25) is 14.9 Å². The summed E-state index contributed by atoms with van der Waals surface area (Å²) in [6, 6.07) is 9.60. The molecule has 0 bridgehead atoms. The highest BCUT2D eigenvalue weighted by atomic mass is 16.7. The van der Waals surface area contributed by atoms with Crippen LogP contribution in [-0.4, -0.2) is 48.8 Å². The molecule has 27 heavy (non-hydrogen) atoms. The van der Waals surface area contributed by atoms with Gasteiger partial charge in [0, 0.05) is 36.5 Å². The van der Waals surface area contributed by atoms with Gasteiger partial charge in [0.15, 0.2) is 11.5 Å². The average Bonchev–Trinajstić information content (AvgIpc) is 3.16. The third-order valence-corrected chi connectivity index (χ3v) is 4.39. The van der Waals surface area contributed by atoms with Crippen LogP contribution in [0.2, 0.25) is 0 Å². The van der Waals surface area contributed by atoms with Gasteiger partial charge in [-0.15, -0.1) is 0 Å². The predicted octanol–water partition coefficient (Wildman–Crippen LogP) is 2.54. The second-order valence-electron chi connectivity index (χ2n) is 6.09. The molecular formula is C18H17N3O6. The van der Waals surface area contributed by atoms with Gasteiger partial charge >= 0.3 is 0 Å². The van der Waals surface area contributed by atoms with Gasteiger partial charge < -0.3 is 24.4 Å². The molecule has 0 atom stereocenters. The SMILES string of the molecule is O=C(c1ccc(Nc2ccc3c(c2)OCO3)c([N+](=O)[O-])c1)N1CCOCC1. The number of fused-ring (bicyclic) bond motifs is 1. The number of carbonyl (C=O) groups excluding carboxylic acids is 1. The van der Waals surface area contributed by atoms with Crippen molar-refractivity contribution in [3.8, 4) is 11.5 Å². The Bertz CT molecular complexity index is 895. The lowest BCUT2D eigenvalue weighted by atomic mass is 10.1. The van der Waals surface area contributed by atoms with Crippen molar-refractivity contribution >= 4 is 23.0 Å². The van der Waals surface area contributed by atoms with Crippen molar-refractivity contribution in [3.63, 3.8) is 0 Å². The van der Waals surface area contributed by atoms with Crippen LogP contribution in [0.5, 0.6) is 11.5 Å². The minimum atomic E-state index is -0.509. The molecular weight excluding hydrogens is 354 g/mol. The lowest BCUT2D eigenvalue weighted by molar-refractivity contribution is -0.383. The van der Waals surface area contributed by atoms with Crippen molar-refractivity contribution in [2.24, 2.45) is 0 Å². The molecule has 2 heterocycles. The molecule has 0 radical (unpaired) electrons. The number of nitro groups is 1. The first-order valence-corrected chi connectivity index (χ1v) is 8.44. The van der Waals surface area contributed by atoms with E-state index in [4.69, 9.17) is 14.2 Å². The number of hydrogen-bond donors (Lipinski definition) is 1. The maximum atomic E-state index is 12.6. The number of ether oxygens (including phenoxy) is 3. The molecule has 2 aromatic carbocycles. The minimum Gasteiger partial charge on any atom is -0.454 e. The molecule has 0 aliphatic carbocycles. The first kappa shape index (κ1) is 17.1. The zero-order valence-corrected chi connectivity index (χ0v) is 14.3. The number of carbonyl (C=O) groups is 1. The zero-order valence-electron chi connectivity index (χ0n) is 14.3. The molecule has 2 aliphatic rings. The van der Waals surface area contributed by atoms with Crippen LogP contribution in [0.15, 0.2) is 36.4 Å². The second kappa shape index (κ2) is 7.12. The topological polar surface area (TPSA) is 103 Å². The quantitative estimate of drug-likeness (QED) is 0.651. The summed E-state index contributed by atoms with van der Waals surface area (Å²) in [5.74, 6) is 0.958. The highest BCUT2D eigenvalue weighted by molar-refractivity contribution is 5.96. The maximum absolute atomic E-state index is 12.6. The van der Waals surface area contributed by atoms with Crippen LogP contribution in [0.25, 0.3) is 0 Å². The number of hydrogen-bond acceptors (Lipinski definition) is 7. The van der Waals surface area contributed by atoms with Gasteiger partial charge in [0.05, 0.1) is 18.1 Å². The number of morpholine rings is 1. The molecule has 2 aliphatic heterocycles. The van der Waals surface area contributed by atoms with Crippen molar-refractivity contribution in [1.82, 2.24) is 4.90 Å². The number of nitrogens with one attached hydrogen (secondary N) is 1. The van der Waals surface area contributed by atoms with Gasteiger partial charge in [-0.05, 0) is 24.3 Å². The molecule has 2 aromatic rings. The molecule has 4 rings (SSSR count). The normalized spacial score (nSPS) is 15.5. The molecule has 9 heteroatoms. The Hall–Kier alpha value is -3.33. The predicted molar refractivity (Wildman–Crippen MR) is 95.7 cm³/mol. The first-order valence-electron chi connectivity index (χ1n) is 8.44. The Morgan fingerprint density at radius 1 is 1.07 bits per heavy atom. The molecule has 0 aromatic heterocycles. The highest BCUT2D eigenvalue weighted by Gasteiger charge is 2.23. The van der Waals surface area contributed by atoms with Crippen LogP contribution >= 0.6 is 0 Å². The van der Waals surface area contributed by atoms with Crippen LogP contribution < -0.4 is 14.8 Å².